The first-order valence-corrected chi connectivity index (χ1v) is 4.69. The second-order valence-electron chi connectivity index (χ2n) is 3.04. The van der Waals surface area contributed by atoms with Crippen LogP contribution in [0.5, 0.6) is 0 Å². The summed E-state index contributed by atoms with van der Waals surface area (Å²) in [6.07, 6.45) is 0.0540. The third-order valence-electron chi connectivity index (χ3n) is 1.85. The van der Waals surface area contributed by atoms with Gasteiger partial charge in [-0.15, -0.1) is 0 Å². The number of nitriles is 1. The van der Waals surface area contributed by atoms with Gasteiger partial charge in [0.05, 0.1) is 24.3 Å². The number of aryl methyl sites for hydroxylation is 1. The second kappa shape index (κ2) is 5.11. The molecule has 0 bridgehead atoms. The van der Waals surface area contributed by atoms with Gasteiger partial charge in [-0.25, -0.2) is 0 Å². The summed E-state index contributed by atoms with van der Waals surface area (Å²) in [6, 6.07) is 5.41. The van der Waals surface area contributed by atoms with E-state index in [-0.39, 0.29) is 12.4 Å². The molecule has 0 radical (unpaired) electrons. The fourth-order valence-electron chi connectivity index (χ4n) is 1.20. The molecule has 0 N–H and O–H groups in total. The number of carbonyl (C=O) groups excluding carboxylic acids is 1. The number of carbonyl (C=O) groups is 1. The van der Waals surface area contributed by atoms with Crippen molar-refractivity contribution in [3.63, 3.8) is 0 Å². The molecule has 0 aliphatic rings. The topological polar surface area (TPSA) is 63.0 Å². The molecule has 0 atom stereocenters. The fourth-order valence-corrected chi connectivity index (χ4v) is 1.20. The average molecular weight is 204 g/mol. The molecule has 1 aromatic rings. The number of hydrogen-bond donors (Lipinski definition) is 0. The minimum absolute atomic E-state index is 0.0540. The van der Waals surface area contributed by atoms with Crippen molar-refractivity contribution < 1.29 is 9.53 Å². The van der Waals surface area contributed by atoms with Crippen LogP contribution in [0, 0.1) is 18.3 Å². The third kappa shape index (κ3) is 3.06. The lowest BCUT2D eigenvalue weighted by atomic mass is 10.1. The number of hydrogen-bond acceptors (Lipinski definition) is 4. The van der Waals surface area contributed by atoms with Gasteiger partial charge in [-0.2, -0.15) is 5.26 Å². The molecule has 1 rings (SSSR count). The lowest BCUT2D eigenvalue weighted by Crippen LogP contribution is -2.10. The Kier molecular flexibility index (Phi) is 3.81. The monoisotopic (exact) mass is 204 g/mol. The van der Waals surface area contributed by atoms with E-state index >= 15 is 0 Å². The molecule has 0 aromatic carbocycles. The second-order valence-corrected chi connectivity index (χ2v) is 3.04. The Hall–Kier alpha value is -1.89. The summed E-state index contributed by atoms with van der Waals surface area (Å²) in [7, 11) is 0. The summed E-state index contributed by atoms with van der Waals surface area (Å²) < 4.78 is 4.80. The van der Waals surface area contributed by atoms with E-state index in [1.165, 1.54) is 0 Å². The van der Waals surface area contributed by atoms with Gasteiger partial charge in [0, 0.05) is 5.69 Å². The zero-order chi connectivity index (χ0) is 11.3. The average Bonchev–Trinajstić information content (AvgIpc) is 2.18. The first-order chi connectivity index (χ1) is 7.17. The molecule has 1 aromatic heterocycles. The molecule has 0 amide bonds. The van der Waals surface area contributed by atoms with Crippen LogP contribution in [-0.2, 0) is 16.0 Å². The minimum atomic E-state index is -0.355. The first kappa shape index (κ1) is 11.2. The summed E-state index contributed by atoms with van der Waals surface area (Å²) in [5.41, 5.74) is 1.69. The van der Waals surface area contributed by atoms with Crippen LogP contribution in [-0.4, -0.2) is 17.6 Å². The van der Waals surface area contributed by atoms with Crippen LogP contribution in [0.15, 0.2) is 12.1 Å². The van der Waals surface area contributed by atoms with Gasteiger partial charge in [0.2, 0.25) is 0 Å². The maximum absolute atomic E-state index is 11.2. The van der Waals surface area contributed by atoms with Gasteiger partial charge in [0.1, 0.15) is 6.07 Å². The molecule has 4 nitrogen and oxygen atoms in total. The van der Waals surface area contributed by atoms with Crippen molar-refractivity contribution in [2.24, 2.45) is 0 Å². The van der Waals surface area contributed by atoms with E-state index in [1.807, 2.05) is 13.0 Å². The summed E-state index contributed by atoms with van der Waals surface area (Å²) in [4.78, 5) is 15.4. The number of aromatic nitrogens is 1. The number of esters is 1. The SMILES string of the molecule is CCOC(=O)Cc1nc(C)ccc1C#N. The minimum Gasteiger partial charge on any atom is -0.466 e. The van der Waals surface area contributed by atoms with E-state index in [1.54, 1.807) is 19.1 Å². The van der Waals surface area contributed by atoms with Gasteiger partial charge in [0.25, 0.3) is 0 Å². The zero-order valence-electron chi connectivity index (χ0n) is 8.78. The van der Waals surface area contributed by atoms with Crippen LogP contribution in [0.1, 0.15) is 23.9 Å². The number of rotatable bonds is 3. The Bertz CT molecular complexity index is 408. The largest absolute Gasteiger partial charge is 0.466 e. The molecule has 0 saturated carbocycles. The maximum atomic E-state index is 11.2. The summed E-state index contributed by atoms with van der Waals surface area (Å²) >= 11 is 0. The van der Waals surface area contributed by atoms with Crippen LogP contribution in [0.25, 0.3) is 0 Å². The van der Waals surface area contributed by atoms with E-state index < -0.39 is 0 Å². The highest BCUT2D eigenvalue weighted by Gasteiger charge is 2.10. The molecule has 4 heteroatoms. The Morgan fingerprint density at radius 1 is 1.60 bits per heavy atom. The lowest BCUT2D eigenvalue weighted by Gasteiger charge is -2.04. The Balaban J connectivity index is 2.88. The maximum Gasteiger partial charge on any atom is 0.311 e. The van der Waals surface area contributed by atoms with Crippen LogP contribution in [0.2, 0.25) is 0 Å². The van der Waals surface area contributed by atoms with Crippen molar-refractivity contribution in [2.45, 2.75) is 20.3 Å². The smallest absolute Gasteiger partial charge is 0.311 e. The molecule has 78 valence electrons. The highest BCUT2D eigenvalue weighted by Crippen LogP contribution is 2.07. The Morgan fingerprint density at radius 3 is 2.93 bits per heavy atom. The molecule has 0 aliphatic heterocycles. The van der Waals surface area contributed by atoms with Crippen molar-refractivity contribution in [3.05, 3.63) is 29.1 Å². The molecule has 1 heterocycles. The molecule has 15 heavy (non-hydrogen) atoms. The highest BCUT2D eigenvalue weighted by molar-refractivity contribution is 5.72. The van der Waals surface area contributed by atoms with Crippen molar-refractivity contribution in [3.8, 4) is 6.07 Å². The highest BCUT2D eigenvalue weighted by atomic mass is 16.5. The molecular formula is C11H12N2O2. The summed E-state index contributed by atoms with van der Waals surface area (Å²) in [5, 5.41) is 8.81. The number of ether oxygens (including phenoxy) is 1. The zero-order valence-corrected chi connectivity index (χ0v) is 8.78. The number of pyridine rings is 1. The summed E-state index contributed by atoms with van der Waals surface area (Å²) in [5.74, 6) is -0.355. The molecular weight excluding hydrogens is 192 g/mol. The predicted octanol–water partition coefficient (Wildman–Crippen LogP) is 1.37. The Labute approximate surface area is 88.5 Å². The van der Waals surface area contributed by atoms with E-state index in [2.05, 4.69) is 4.98 Å². The first-order valence-electron chi connectivity index (χ1n) is 4.69. The normalized spacial score (nSPS) is 9.40. The van der Waals surface area contributed by atoms with Crippen LogP contribution < -0.4 is 0 Å². The predicted molar refractivity (Wildman–Crippen MR) is 54.0 cm³/mol. The molecule has 0 saturated heterocycles. The van der Waals surface area contributed by atoms with Crippen molar-refractivity contribution >= 4 is 5.97 Å². The van der Waals surface area contributed by atoms with Gasteiger partial charge < -0.3 is 4.74 Å². The Morgan fingerprint density at radius 2 is 2.33 bits per heavy atom. The van der Waals surface area contributed by atoms with Gasteiger partial charge in [-0.1, -0.05) is 0 Å². The van der Waals surface area contributed by atoms with Gasteiger partial charge >= 0.3 is 5.97 Å². The summed E-state index contributed by atoms with van der Waals surface area (Å²) in [6.45, 7) is 3.90. The lowest BCUT2D eigenvalue weighted by molar-refractivity contribution is -0.142. The van der Waals surface area contributed by atoms with Crippen LogP contribution in [0.3, 0.4) is 0 Å². The third-order valence-corrected chi connectivity index (χ3v) is 1.85. The van der Waals surface area contributed by atoms with Crippen LogP contribution >= 0.6 is 0 Å². The fraction of sp³-hybridized carbons (Fsp3) is 0.364. The molecule has 0 fully saturated rings. The van der Waals surface area contributed by atoms with Crippen molar-refractivity contribution in [1.29, 1.82) is 5.26 Å². The van der Waals surface area contributed by atoms with E-state index in [0.29, 0.717) is 17.9 Å². The standard InChI is InChI=1S/C11H12N2O2/c1-3-15-11(14)6-10-9(7-12)5-4-8(2)13-10/h4-5H,3,6H2,1-2H3. The molecule has 0 spiro atoms. The van der Waals surface area contributed by atoms with E-state index in [0.717, 1.165) is 5.69 Å². The van der Waals surface area contributed by atoms with Gasteiger partial charge in [-0.3, -0.25) is 9.78 Å². The van der Waals surface area contributed by atoms with Gasteiger partial charge in [-0.05, 0) is 26.0 Å². The van der Waals surface area contributed by atoms with Crippen molar-refractivity contribution in [1.82, 2.24) is 4.98 Å². The molecule has 0 aliphatic carbocycles. The van der Waals surface area contributed by atoms with Crippen molar-refractivity contribution in [2.75, 3.05) is 6.61 Å². The van der Waals surface area contributed by atoms with Gasteiger partial charge in [0.15, 0.2) is 0 Å². The van der Waals surface area contributed by atoms with E-state index in [4.69, 9.17) is 10.00 Å². The quantitative estimate of drug-likeness (QED) is 0.697. The number of nitrogens with zero attached hydrogens (tertiary/aromatic N) is 2. The molecule has 0 unspecified atom stereocenters. The van der Waals surface area contributed by atoms with E-state index in [9.17, 15) is 4.79 Å². The van der Waals surface area contributed by atoms with Crippen LogP contribution in [0.4, 0.5) is 0 Å².